The highest BCUT2D eigenvalue weighted by Crippen LogP contribution is 2.35. The molecule has 0 saturated heterocycles. The Balaban J connectivity index is 2.36. The fraction of sp³-hybridized carbons (Fsp3) is 0.235. The van der Waals surface area contributed by atoms with E-state index in [2.05, 4.69) is 0 Å². The highest BCUT2D eigenvalue weighted by Gasteiger charge is 2.20. The maximum atomic E-state index is 12.8. The van der Waals surface area contributed by atoms with E-state index in [4.69, 9.17) is 18.9 Å². The maximum Gasteiger partial charge on any atom is 0.193 e. The Morgan fingerprint density at radius 3 is 1.96 bits per heavy atom. The number of ether oxygens (including phenoxy) is 4. The van der Waals surface area contributed by atoms with Crippen LogP contribution in [0.1, 0.15) is 10.4 Å². The van der Waals surface area contributed by atoms with Crippen LogP contribution in [0.25, 0.3) is 0 Å². The molecule has 0 radical (unpaired) electrons. The molecule has 122 valence electrons. The lowest BCUT2D eigenvalue weighted by Crippen LogP contribution is -2.07. The van der Waals surface area contributed by atoms with Crippen LogP contribution in [-0.2, 0) is 0 Å². The third kappa shape index (κ3) is 3.74. The van der Waals surface area contributed by atoms with E-state index in [1.165, 1.54) is 14.2 Å². The lowest BCUT2D eigenvalue weighted by atomic mass is 10.2. The molecular weight excluding hydrogens is 315 g/mol. The second kappa shape index (κ2) is 7.84. The van der Waals surface area contributed by atoms with Gasteiger partial charge in [-0.2, -0.15) is 0 Å². The minimum Gasteiger partial charge on any atom is -0.497 e. The second-order valence-electron chi connectivity index (χ2n) is 4.56. The molecule has 0 aliphatic rings. The summed E-state index contributed by atoms with van der Waals surface area (Å²) in [7, 11) is 6.09. The van der Waals surface area contributed by atoms with Crippen LogP contribution in [0.4, 0.5) is 0 Å². The van der Waals surface area contributed by atoms with Crippen molar-refractivity contribution >= 4 is 19.4 Å². The molecule has 0 saturated carbocycles. The predicted octanol–water partition coefficient (Wildman–Crippen LogP) is 2.87. The van der Waals surface area contributed by atoms with Crippen molar-refractivity contribution in [1.82, 2.24) is 0 Å². The summed E-state index contributed by atoms with van der Waals surface area (Å²) >= 11 is 0. The normalized spacial score (nSPS) is 10.6. The van der Waals surface area contributed by atoms with Gasteiger partial charge in [0.2, 0.25) is 0 Å². The largest absolute Gasteiger partial charge is 0.497 e. The number of hydrogen-bond donors (Lipinski definition) is 0. The summed E-state index contributed by atoms with van der Waals surface area (Å²) in [6, 6.07) is 10.7. The van der Waals surface area contributed by atoms with Gasteiger partial charge < -0.3 is 18.9 Å². The Hall–Kier alpha value is -2.26. The Bertz CT molecular complexity index is 677. The van der Waals surface area contributed by atoms with Gasteiger partial charge in [0.1, 0.15) is 28.6 Å². The molecule has 6 heteroatoms. The van der Waals surface area contributed by atoms with Crippen LogP contribution in [0.15, 0.2) is 36.4 Å². The molecule has 0 spiro atoms. The number of carbonyl (C=O) groups is 1. The van der Waals surface area contributed by atoms with Crippen LogP contribution in [0.2, 0.25) is 0 Å². The van der Waals surface area contributed by atoms with Crippen LogP contribution in [-0.4, -0.2) is 34.0 Å². The molecule has 0 fully saturated rings. The summed E-state index contributed by atoms with van der Waals surface area (Å²) in [6.45, 7) is 0. The van der Waals surface area contributed by atoms with Gasteiger partial charge >= 0.3 is 0 Å². The summed E-state index contributed by atoms with van der Waals surface area (Å²) in [5.41, 5.74) is 0.358. The van der Waals surface area contributed by atoms with Gasteiger partial charge in [0.05, 0.1) is 28.4 Å². The zero-order chi connectivity index (χ0) is 16.8. The highest BCUT2D eigenvalue weighted by atomic mass is 31.1. The number of benzene rings is 2. The van der Waals surface area contributed by atoms with Gasteiger partial charge in [-0.1, -0.05) is 6.07 Å². The molecule has 0 N–H and O–H groups in total. The number of carbonyl (C=O) groups excluding carboxylic acids is 1. The molecule has 2 aromatic carbocycles. The first-order chi connectivity index (χ1) is 11.1. The van der Waals surface area contributed by atoms with Crippen LogP contribution < -0.4 is 24.3 Å². The number of methoxy groups -OCH3 is 4. The third-order valence-corrected chi connectivity index (χ3v) is 4.47. The average molecular weight is 334 g/mol. The van der Waals surface area contributed by atoms with Gasteiger partial charge in [0.25, 0.3) is 0 Å². The molecule has 0 aliphatic carbocycles. The summed E-state index contributed by atoms with van der Waals surface area (Å²) < 4.78 is 21.1. The van der Waals surface area contributed by atoms with E-state index in [1.54, 1.807) is 44.6 Å². The van der Waals surface area contributed by atoms with Crippen molar-refractivity contribution in [2.75, 3.05) is 28.4 Å². The fourth-order valence-electron chi connectivity index (χ4n) is 2.16. The molecule has 2 aromatic rings. The van der Waals surface area contributed by atoms with Crippen molar-refractivity contribution in [3.63, 3.8) is 0 Å². The first-order valence-corrected chi connectivity index (χ1v) is 7.89. The van der Waals surface area contributed by atoms with E-state index in [0.717, 1.165) is 5.30 Å². The van der Waals surface area contributed by atoms with Gasteiger partial charge in [-0.15, -0.1) is 0 Å². The molecule has 0 bridgehead atoms. The summed E-state index contributed by atoms with van der Waals surface area (Å²) in [4.78, 5) is 12.8. The van der Waals surface area contributed by atoms with Crippen molar-refractivity contribution in [3.8, 4) is 23.0 Å². The Kier molecular flexibility index (Phi) is 5.83. The molecule has 0 heterocycles. The van der Waals surface area contributed by atoms with Gasteiger partial charge in [-0.05, 0) is 32.8 Å². The maximum absolute atomic E-state index is 12.8. The minimum atomic E-state index is -0.122. The molecule has 1 unspecified atom stereocenters. The standard InChI is InChI=1S/C17H19O5P/c1-19-11-8-9-15(14(10-11)22-4)23-17(18)16-12(20-2)6-5-7-13(16)21-3/h5-10,23H,1-4H3. The topological polar surface area (TPSA) is 54.0 Å². The Morgan fingerprint density at radius 2 is 1.43 bits per heavy atom. The molecule has 1 atom stereocenters. The van der Waals surface area contributed by atoms with Gasteiger partial charge in [0, 0.05) is 11.4 Å². The summed E-state index contributed by atoms with van der Waals surface area (Å²) in [6.07, 6.45) is 0. The zero-order valence-electron chi connectivity index (χ0n) is 13.5. The molecule has 2 rings (SSSR count). The number of rotatable bonds is 7. The molecular formula is C17H19O5P. The smallest absolute Gasteiger partial charge is 0.193 e. The van der Waals surface area contributed by atoms with Crippen molar-refractivity contribution in [3.05, 3.63) is 42.0 Å². The van der Waals surface area contributed by atoms with Crippen molar-refractivity contribution < 1.29 is 23.7 Å². The SMILES string of the molecule is COc1ccc(PC(=O)c2c(OC)cccc2OC)c(OC)c1. The second-order valence-corrected chi connectivity index (χ2v) is 5.80. The minimum absolute atomic E-state index is 0.0808. The summed E-state index contributed by atoms with van der Waals surface area (Å²) in [5.74, 6) is 2.28. The third-order valence-electron chi connectivity index (χ3n) is 3.31. The van der Waals surface area contributed by atoms with Gasteiger partial charge in [-0.3, -0.25) is 4.79 Å². The first-order valence-electron chi connectivity index (χ1n) is 6.89. The van der Waals surface area contributed by atoms with Crippen molar-refractivity contribution in [1.29, 1.82) is 0 Å². The first kappa shape index (κ1) is 17.1. The van der Waals surface area contributed by atoms with E-state index >= 15 is 0 Å². The lowest BCUT2D eigenvalue weighted by molar-refractivity contribution is 0.108. The Morgan fingerprint density at radius 1 is 0.826 bits per heavy atom. The van der Waals surface area contributed by atoms with E-state index < -0.39 is 0 Å². The van der Waals surface area contributed by atoms with E-state index in [1.807, 2.05) is 6.07 Å². The Labute approximate surface area is 137 Å². The zero-order valence-corrected chi connectivity index (χ0v) is 14.5. The fourth-order valence-corrected chi connectivity index (χ4v) is 3.24. The summed E-state index contributed by atoms with van der Waals surface area (Å²) in [5, 5.41) is 0.797. The van der Waals surface area contributed by atoms with Gasteiger partial charge in [0.15, 0.2) is 5.52 Å². The predicted molar refractivity (Wildman–Crippen MR) is 91.4 cm³/mol. The van der Waals surface area contributed by atoms with Crippen molar-refractivity contribution in [2.24, 2.45) is 0 Å². The van der Waals surface area contributed by atoms with Crippen LogP contribution >= 0.6 is 8.58 Å². The van der Waals surface area contributed by atoms with Crippen LogP contribution in [0, 0.1) is 0 Å². The van der Waals surface area contributed by atoms with E-state index in [9.17, 15) is 4.79 Å². The highest BCUT2D eigenvalue weighted by molar-refractivity contribution is 7.66. The molecule has 5 nitrogen and oxygen atoms in total. The average Bonchev–Trinajstić information content (AvgIpc) is 2.60. The van der Waals surface area contributed by atoms with E-state index in [-0.39, 0.29) is 14.1 Å². The quantitative estimate of drug-likeness (QED) is 0.729. The number of hydrogen-bond acceptors (Lipinski definition) is 5. The van der Waals surface area contributed by atoms with Crippen LogP contribution in [0.5, 0.6) is 23.0 Å². The molecule has 0 amide bonds. The van der Waals surface area contributed by atoms with Gasteiger partial charge in [-0.25, -0.2) is 0 Å². The van der Waals surface area contributed by atoms with Crippen LogP contribution in [0.3, 0.4) is 0 Å². The molecule has 23 heavy (non-hydrogen) atoms. The van der Waals surface area contributed by atoms with Crippen molar-refractivity contribution in [2.45, 2.75) is 0 Å². The monoisotopic (exact) mass is 334 g/mol. The van der Waals surface area contributed by atoms with E-state index in [0.29, 0.717) is 28.6 Å². The lowest BCUT2D eigenvalue weighted by Gasteiger charge is -2.13. The molecule has 0 aromatic heterocycles. The molecule has 0 aliphatic heterocycles.